The van der Waals surface area contributed by atoms with E-state index in [9.17, 15) is 17.6 Å². The average molecular weight is 415 g/mol. The molecule has 0 radical (unpaired) electrons. The van der Waals surface area contributed by atoms with Crippen molar-refractivity contribution in [3.63, 3.8) is 0 Å². The molecule has 3 rings (SSSR count). The topological polar surface area (TPSA) is 97.4 Å². The van der Waals surface area contributed by atoms with Gasteiger partial charge in [0.15, 0.2) is 0 Å². The number of carbonyl (C=O) groups is 1. The number of anilines is 1. The number of ether oxygens (including phenoxy) is 1. The van der Waals surface area contributed by atoms with E-state index in [-0.39, 0.29) is 22.7 Å². The van der Waals surface area contributed by atoms with Crippen LogP contribution in [0, 0.1) is 5.82 Å². The first kappa shape index (κ1) is 20.3. The molecular formula is C20H18FN3O4S. The summed E-state index contributed by atoms with van der Waals surface area (Å²) in [6.07, 6.45) is 2.75. The molecule has 0 saturated carbocycles. The Labute approximate surface area is 167 Å². The van der Waals surface area contributed by atoms with Gasteiger partial charge in [0.1, 0.15) is 16.5 Å². The minimum Gasteiger partial charge on any atom is -0.495 e. The van der Waals surface area contributed by atoms with Crippen LogP contribution >= 0.6 is 0 Å². The molecule has 0 aliphatic carbocycles. The predicted molar refractivity (Wildman–Crippen MR) is 106 cm³/mol. The number of sulfonamides is 1. The van der Waals surface area contributed by atoms with Gasteiger partial charge in [-0.15, -0.1) is 0 Å². The first-order valence-electron chi connectivity index (χ1n) is 8.53. The van der Waals surface area contributed by atoms with Crippen LogP contribution in [0.4, 0.5) is 10.1 Å². The van der Waals surface area contributed by atoms with E-state index >= 15 is 0 Å². The predicted octanol–water partition coefficient (Wildman–Crippen LogP) is 2.96. The molecule has 29 heavy (non-hydrogen) atoms. The lowest BCUT2D eigenvalue weighted by molar-refractivity contribution is 0.0947. The summed E-state index contributed by atoms with van der Waals surface area (Å²) < 4.78 is 46.8. The number of aromatic nitrogens is 1. The van der Waals surface area contributed by atoms with E-state index in [1.54, 1.807) is 18.2 Å². The molecule has 1 amide bonds. The van der Waals surface area contributed by atoms with Crippen LogP contribution in [-0.2, 0) is 16.6 Å². The van der Waals surface area contributed by atoms with Crippen molar-refractivity contribution >= 4 is 21.6 Å². The largest absolute Gasteiger partial charge is 0.495 e. The Morgan fingerprint density at radius 1 is 1.10 bits per heavy atom. The van der Waals surface area contributed by atoms with Crippen molar-refractivity contribution in [1.29, 1.82) is 0 Å². The van der Waals surface area contributed by atoms with Gasteiger partial charge in [0, 0.05) is 18.2 Å². The molecule has 0 bridgehead atoms. The van der Waals surface area contributed by atoms with Crippen molar-refractivity contribution in [3.8, 4) is 5.75 Å². The zero-order valence-electron chi connectivity index (χ0n) is 15.4. The number of hydrogen-bond acceptors (Lipinski definition) is 5. The summed E-state index contributed by atoms with van der Waals surface area (Å²) in [5.74, 6) is -0.722. The highest BCUT2D eigenvalue weighted by atomic mass is 32.2. The van der Waals surface area contributed by atoms with E-state index in [0.29, 0.717) is 11.3 Å². The van der Waals surface area contributed by atoms with Gasteiger partial charge in [-0.05, 0) is 18.2 Å². The molecule has 0 atom stereocenters. The smallest absolute Gasteiger partial charge is 0.262 e. The van der Waals surface area contributed by atoms with Gasteiger partial charge in [-0.25, -0.2) is 12.8 Å². The molecule has 0 fully saturated rings. The highest BCUT2D eigenvalue weighted by molar-refractivity contribution is 7.92. The summed E-state index contributed by atoms with van der Waals surface area (Å²) >= 11 is 0. The lowest BCUT2D eigenvalue weighted by Gasteiger charge is -2.13. The number of rotatable bonds is 7. The van der Waals surface area contributed by atoms with Crippen LogP contribution in [-0.4, -0.2) is 26.4 Å². The second-order valence-corrected chi connectivity index (χ2v) is 7.64. The first-order valence-corrected chi connectivity index (χ1v) is 10.0. The molecule has 0 aliphatic rings. The van der Waals surface area contributed by atoms with Crippen LogP contribution in [0.1, 0.15) is 15.9 Å². The minimum absolute atomic E-state index is 0.0628. The third-order valence-electron chi connectivity index (χ3n) is 4.02. The molecule has 9 heteroatoms. The van der Waals surface area contributed by atoms with Crippen LogP contribution in [0.15, 0.2) is 71.9 Å². The fourth-order valence-corrected chi connectivity index (χ4v) is 3.84. The van der Waals surface area contributed by atoms with Crippen LogP contribution < -0.4 is 14.8 Å². The highest BCUT2D eigenvalue weighted by Gasteiger charge is 2.22. The van der Waals surface area contributed by atoms with Gasteiger partial charge in [0.25, 0.3) is 15.9 Å². The average Bonchev–Trinajstić information content (AvgIpc) is 2.73. The van der Waals surface area contributed by atoms with Gasteiger partial charge in [0.2, 0.25) is 0 Å². The Bertz CT molecular complexity index is 1140. The minimum atomic E-state index is -4.09. The fraction of sp³-hybridized carbons (Fsp3) is 0.100. The van der Waals surface area contributed by atoms with Crippen molar-refractivity contribution in [1.82, 2.24) is 10.3 Å². The molecule has 3 aromatic rings. The van der Waals surface area contributed by atoms with Crippen molar-refractivity contribution in [2.24, 2.45) is 0 Å². The van der Waals surface area contributed by atoms with E-state index in [4.69, 9.17) is 4.74 Å². The lowest BCUT2D eigenvalue weighted by atomic mass is 10.2. The second-order valence-electron chi connectivity index (χ2n) is 5.99. The number of benzene rings is 2. The summed E-state index contributed by atoms with van der Waals surface area (Å²) in [5, 5.41) is 2.55. The zero-order valence-corrected chi connectivity index (χ0v) is 16.2. The van der Waals surface area contributed by atoms with Gasteiger partial charge >= 0.3 is 0 Å². The molecule has 2 N–H and O–H groups in total. The number of carbonyl (C=O) groups excluding carboxylic acids is 1. The van der Waals surface area contributed by atoms with E-state index in [1.807, 2.05) is 0 Å². The van der Waals surface area contributed by atoms with Gasteiger partial charge in [-0.3, -0.25) is 14.5 Å². The molecule has 150 valence electrons. The molecule has 0 saturated heterocycles. The summed E-state index contributed by atoms with van der Waals surface area (Å²) in [6, 6.07) is 13.2. The maximum Gasteiger partial charge on any atom is 0.262 e. The van der Waals surface area contributed by atoms with Crippen molar-refractivity contribution < 1.29 is 22.3 Å². The first-order chi connectivity index (χ1) is 13.9. The zero-order chi connectivity index (χ0) is 20.9. The van der Waals surface area contributed by atoms with Crippen LogP contribution in [0.5, 0.6) is 5.75 Å². The quantitative estimate of drug-likeness (QED) is 0.618. The van der Waals surface area contributed by atoms with E-state index in [1.165, 1.54) is 55.9 Å². The van der Waals surface area contributed by atoms with Crippen LogP contribution in [0.25, 0.3) is 0 Å². The highest BCUT2D eigenvalue weighted by Crippen LogP contribution is 2.22. The molecule has 0 unspecified atom stereocenters. The molecule has 1 heterocycles. The number of pyridine rings is 1. The molecular weight excluding hydrogens is 397 g/mol. The van der Waals surface area contributed by atoms with Crippen molar-refractivity contribution in [2.75, 3.05) is 11.8 Å². The monoisotopic (exact) mass is 415 g/mol. The maximum absolute atomic E-state index is 13.7. The van der Waals surface area contributed by atoms with E-state index in [0.717, 1.165) is 0 Å². The fourth-order valence-electron chi connectivity index (χ4n) is 2.60. The molecule has 0 aliphatic heterocycles. The van der Waals surface area contributed by atoms with Crippen LogP contribution in [0.2, 0.25) is 0 Å². The SMILES string of the molecule is COc1cncc(NS(=O)(=O)c2ccccc2C(=O)NCc2ccccc2F)c1. The maximum atomic E-state index is 13.7. The standard InChI is InChI=1S/C20H18FN3O4S/c1-28-16-10-15(12-22-13-16)24-29(26,27)19-9-5-3-7-17(19)20(25)23-11-14-6-2-4-8-18(14)21/h2-10,12-13,24H,11H2,1H3,(H,23,25). The number of methoxy groups -OCH3 is 1. The summed E-state index contributed by atoms with van der Waals surface area (Å²) in [7, 11) is -2.65. The Morgan fingerprint density at radius 3 is 2.59 bits per heavy atom. The number of amides is 1. The third-order valence-corrected chi connectivity index (χ3v) is 5.46. The van der Waals surface area contributed by atoms with E-state index in [2.05, 4.69) is 15.0 Å². The summed E-state index contributed by atoms with van der Waals surface area (Å²) in [6.45, 7) is -0.0763. The molecule has 0 spiro atoms. The molecule has 2 aromatic carbocycles. The Kier molecular flexibility index (Phi) is 6.08. The summed E-state index contributed by atoms with van der Waals surface area (Å²) in [4.78, 5) is 16.3. The molecule has 7 nitrogen and oxygen atoms in total. The number of nitrogens with one attached hydrogen (secondary N) is 2. The normalized spacial score (nSPS) is 11.0. The van der Waals surface area contributed by atoms with Gasteiger partial charge in [-0.1, -0.05) is 30.3 Å². The second kappa shape index (κ2) is 8.70. The number of nitrogens with zero attached hydrogens (tertiary/aromatic N) is 1. The van der Waals surface area contributed by atoms with E-state index < -0.39 is 21.7 Å². The Morgan fingerprint density at radius 2 is 1.83 bits per heavy atom. The number of halogens is 1. The molecule has 1 aromatic heterocycles. The number of hydrogen-bond donors (Lipinski definition) is 2. The Balaban J connectivity index is 1.83. The van der Waals surface area contributed by atoms with Gasteiger partial charge in [-0.2, -0.15) is 0 Å². The van der Waals surface area contributed by atoms with Crippen LogP contribution in [0.3, 0.4) is 0 Å². The van der Waals surface area contributed by atoms with Gasteiger partial charge < -0.3 is 10.1 Å². The third kappa shape index (κ3) is 4.88. The summed E-state index contributed by atoms with van der Waals surface area (Å²) in [5.41, 5.74) is 0.417. The van der Waals surface area contributed by atoms with Gasteiger partial charge in [0.05, 0.1) is 30.8 Å². The lowest BCUT2D eigenvalue weighted by Crippen LogP contribution is -2.26. The van der Waals surface area contributed by atoms with Crippen molar-refractivity contribution in [3.05, 3.63) is 83.9 Å². The van der Waals surface area contributed by atoms with Crippen molar-refractivity contribution in [2.45, 2.75) is 11.4 Å². The Hall–Kier alpha value is -3.46.